The summed E-state index contributed by atoms with van der Waals surface area (Å²) in [5, 5.41) is 0.649. The van der Waals surface area contributed by atoms with Crippen molar-refractivity contribution < 1.29 is 4.74 Å². The van der Waals surface area contributed by atoms with Gasteiger partial charge in [-0.05, 0) is 41.8 Å². The second-order valence-electron chi connectivity index (χ2n) is 4.48. The standard InChI is InChI=1S/C15H16BrClN2O/c1-2-3-20-14-6-11(8-19-9-14)15(18)10-4-12(16)7-13(17)5-10/h4-9,15H,2-3,18H2,1H3. The number of pyridine rings is 1. The molecule has 2 aromatic rings. The quantitative estimate of drug-likeness (QED) is 0.868. The van der Waals surface area contributed by atoms with Crippen LogP contribution >= 0.6 is 27.5 Å². The third-order valence-corrected chi connectivity index (χ3v) is 3.49. The van der Waals surface area contributed by atoms with Crippen molar-refractivity contribution in [2.45, 2.75) is 19.4 Å². The van der Waals surface area contributed by atoms with Gasteiger partial charge in [0.15, 0.2) is 0 Å². The van der Waals surface area contributed by atoms with E-state index < -0.39 is 0 Å². The minimum atomic E-state index is -0.289. The Balaban J connectivity index is 2.25. The number of aromatic nitrogens is 1. The molecule has 0 aliphatic rings. The normalized spacial score (nSPS) is 12.2. The highest BCUT2D eigenvalue weighted by Gasteiger charge is 2.12. The van der Waals surface area contributed by atoms with Gasteiger partial charge in [-0.1, -0.05) is 34.5 Å². The molecule has 0 bridgehead atoms. The van der Waals surface area contributed by atoms with Crippen LogP contribution in [-0.2, 0) is 0 Å². The van der Waals surface area contributed by atoms with Gasteiger partial charge in [0.2, 0.25) is 0 Å². The molecule has 106 valence electrons. The lowest BCUT2D eigenvalue weighted by molar-refractivity contribution is 0.315. The zero-order chi connectivity index (χ0) is 14.5. The number of nitrogens with two attached hydrogens (primary N) is 1. The van der Waals surface area contributed by atoms with Crippen LogP contribution in [0.15, 0.2) is 41.1 Å². The molecule has 1 unspecified atom stereocenters. The molecule has 3 nitrogen and oxygen atoms in total. The van der Waals surface area contributed by atoms with Crippen LogP contribution in [0.2, 0.25) is 5.02 Å². The van der Waals surface area contributed by atoms with E-state index in [1.807, 2.05) is 24.3 Å². The molecular weight excluding hydrogens is 340 g/mol. The van der Waals surface area contributed by atoms with Crippen molar-refractivity contribution in [1.82, 2.24) is 4.98 Å². The van der Waals surface area contributed by atoms with Crippen molar-refractivity contribution in [3.8, 4) is 5.75 Å². The zero-order valence-corrected chi connectivity index (χ0v) is 13.5. The molecule has 1 aromatic heterocycles. The van der Waals surface area contributed by atoms with Crippen molar-refractivity contribution in [1.29, 1.82) is 0 Å². The van der Waals surface area contributed by atoms with Crippen molar-refractivity contribution in [2.75, 3.05) is 6.61 Å². The van der Waals surface area contributed by atoms with Gasteiger partial charge in [0.05, 0.1) is 18.8 Å². The highest BCUT2D eigenvalue weighted by atomic mass is 79.9. The van der Waals surface area contributed by atoms with E-state index >= 15 is 0 Å². The Bertz CT molecular complexity index is 572. The summed E-state index contributed by atoms with van der Waals surface area (Å²) in [6.07, 6.45) is 4.40. The van der Waals surface area contributed by atoms with Crippen LogP contribution in [0.3, 0.4) is 0 Å². The van der Waals surface area contributed by atoms with E-state index in [1.54, 1.807) is 12.4 Å². The Morgan fingerprint density at radius 2 is 2.05 bits per heavy atom. The third-order valence-electron chi connectivity index (χ3n) is 2.81. The van der Waals surface area contributed by atoms with Crippen molar-refractivity contribution in [3.63, 3.8) is 0 Å². The third kappa shape index (κ3) is 3.95. The Morgan fingerprint density at radius 3 is 2.75 bits per heavy atom. The number of ether oxygens (including phenoxy) is 1. The van der Waals surface area contributed by atoms with Gasteiger partial charge < -0.3 is 10.5 Å². The largest absolute Gasteiger partial charge is 0.492 e. The van der Waals surface area contributed by atoms with Gasteiger partial charge in [-0.3, -0.25) is 4.98 Å². The monoisotopic (exact) mass is 354 g/mol. The lowest BCUT2D eigenvalue weighted by atomic mass is 10.0. The predicted molar refractivity (Wildman–Crippen MR) is 85.2 cm³/mol. The number of hydrogen-bond donors (Lipinski definition) is 1. The molecule has 1 heterocycles. The van der Waals surface area contributed by atoms with E-state index in [9.17, 15) is 0 Å². The average Bonchev–Trinajstić information content (AvgIpc) is 2.43. The number of benzene rings is 1. The predicted octanol–water partition coefficient (Wildman–Crippen LogP) is 4.33. The van der Waals surface area contributed by atoms with Crippen LogP contribution in [0.4, 0.5) is 0 Å². The average molecular weight is 356 g/mol. The lowest BCUT2D eigenvalue weighted by Gasteiger charge is -2.14. The molecule has 0 saturated carbocycles. The second-order valence-corrected chi connectivity index (χ2v) is 5.84. The number of nitrogens with zero attached hydrogens (tertiary/aromatic N) is 1. The van der Waals surface area contributed by atoms with Crippen molar-refractivity contribution in [3.05, 3.63) is 57.3 Å². The van der Waals surface area contributed by atoms with Gasteiger partial charge in [-0.2, -0.15) is 0 Å². The topological polar surface area (TPSA) is 48.1 Å². The molecule has 0 spiro atoms. The maximum absolute atomic E-state index is 6.28. The Kier molecular flexibility index (Phi) is 5.40. The summed E-state index contributed by atoms with van der Waals surface area (Å²) < 4.78 is 6.48. The van der Waals surface area contributed by atoms with Crippen molar-refractivity contribution in [2.24, 2.45) is 5.73 Å². The summed E-state index contributed by atoms with van der Waals surface area (Å²) in [7, 11) is 0. The first-order valence-corrected chi connectivity index (χ1v) is 7.56. The van der Waals surface area contributed by atoms with Crippen LogP contribution < -0.4 is 10.5 Å². The lowest BCUT2D eigenvalue weighted by Crippen LogP contribution is -2.12. The first-order valence-electron chi connectivity index (χ1n) is 6.39. The summed E-state index contributed by atoms with van der Waals surface area (Å²) in [5.74, 6) is 0.737. The molecule has 2 rings (SSSR count). The first-order chi connectivity index (χ1) is 9.60. The molecule has 20 heavy (non-hydrogen) atoms. The van der Waals surface area contributed by atoms with E-state index in [0.29, 0.717) is 11.6 Å². The van der Waals surface area contributed by atoms with E-state index in [0.717, 1.165) is 27.8 Å². The van der Waals surface area contributed by atoms with E-state index in [4.69, 9.17) is 22.1 Å². The van der Waals surface area contributed by atoms with Gasteiger partial charge >= 0.3 is 0 Å². The van der Waals surface area contributed by atoms with Gasteiger partial charge in [0.1, 0.15) is 5.75 Å². The van der Waals surface area contributed by atoms with Gasteiger partial charge in [-0.15, -0.1) is 0 Å². The SMILES string of the molecule is CCCOc1cncc(C(N)c2cc(Cl)cc(Br)c2)c1. The Hall–Kier alpha value is -1.10. The van der Waals surface area contributed by atoms with Crippen LogP contribution in [0.1, 0.15) is 30.5 Å². The van der Waals surface area contributed by atoms with Crippen LogP contribution in [0, 0.1) is 0 Å². The molecule has 0 amide bonds. The molecule has 0 saturated heterocycles. The van der Waals surface area contributed by atoms with Gasteiger partial charge in [0.25, 0.3) is 0 Å². The summed E-state index contributed by atoms with van der Waals surface area (Å²) in [6.45, 7) is 2.73. The number of halogens is 2. The van der Waals surface area contributed by atoms with Gasteiger partial charge in [-0.25, -0.2) is 0 Å². The first kappa shape index (κ1) is 15.3. The smallest absolute Gasteiger partial charge is 0.137 e. The minimum Gasteiger partial charge on any atom is -0.492 e. The fourth-order valence-corrected chi connectivity index (χ4v) is 2.74. The number of rotatable bonds is 5. The summed E-state index contributed by atoms with van der Waals surface area (Å²) >= 11 is 9.48. The molecule has 0 aliphatic carbocycles. The molecule has 0 fully saturated rings. The fraction of sp³-hybridized carbons (Fsp3) is 0.267. The molecule has 0 aliphatic heterocycles. The Labute approximate surface area is 132 Å². The van der Waals surface area contributed by atoms with Gasteiger partial charge in [0, 0.05) is 15.7 Å². The van der Waals surface area contributed by atoms with Crippen LogP contribution in [-0.4, -0.2) is 11.6 Å². The number of hydrogen-bond acceptors (Lipinski definition) is 3. The molecule has 2 N–H and O–H groups in total. The van der Waals surface area contributed by atoms with Crippen LogP contribution in [0.25, 0.3) is 0 Å². The summed E-state index contributed by atoms with van der Waals surface area (Å²) in [5.41, 5.74) is 8.10. The van der Waals surface area contributed by atoms with Crippen molar-refractivity contribution >= 4 is 27.5 Å². The van der Waals surface area contributed by atoms with E-state index in [1.165, 1.54) is 0 Å². The second kappa shape index (κ2) is 7.07. The highest BCUT2D eigenvalue weighted by Crippen LogP contribution is 2.27. The fourth-order valence-electron chi connectivity index (χ4n) is 1.85. The molecular formula is C15H16BrClN2O. The van der Waals surface area contributed by atoms with Crippen LogP contribution in [0.5, 0.6) is 5.75 Å². The Morgan fingerprint density at radius 1 is 1.25 bits per heavy atom. The summed E-state index contributed by atoms with van der Waals surface area (Å²) in [6, 6.07) is 7.27. The molecule has 1 atom stereocenters. The zero-order valence-electron chi connectivity index (χ0n) is 11.1. The molecule has 5 heteroatoms. The maximum Gasteiger partial charge on any atom is 0.137 e. The summed E-state index contributed by atoms with van der Waals surface area (Å²) in [4.78, 5) is 4.18. The van der Waals surface area contributed by atoms with E-state index in [2.05, 4.69) is 27.8 Å². The maximum atomic E-state index is 6.28. The molecule has 1 aromatic carbocycles. The minimum absolute atomic E-state index is 0.289. The highest BCUT2D eigenvalue weighted by molar-refractivity contribution is 9.10. The molecule has 0 radical (unpaired) electrons. The van der Waals surface area contributed by atoms with E-state index in [-0.39, 0.29) is 6.04 Å².